The first-order valence-corrected chi connectivity index (χ1v) is 4.95. The zero-order valence-electron chi connectivity index (χ0n) is 8.85. The summed E-state index contributed by atoms with van der Waals surface area (Å²) in [6.45, 7) is 1.37. The second kappa shape index (κ2) is 5.55. The highest BCUT2D eigenvalue weighted by molar-refractivity contribution is 5.98. The Hall–Kier alpha value is -1.30. The van der Waals surface area contributed by atoms with Crippen LogP contribution in [0.5, 0.6) is 0 Å². The van der Waals surface area contributed by atoms with Gasteiger partial charge in [-0.2, -0.15) is 0 Å². The molecule has 6 nitrogen and oxygen atoms in total. The van der Waals surface area contributed by atoms with Gasteiger partial charge < -0.3 is 20.6 Å². The molecule has 0 radical (unpaired) electrons. The van der Waals surface area contributed by atoms with Crippen LogP contribution in [0.25, 0.3) is 0 Å². The zero-order chi connectivity index (χ0) is 11.3. The van der Waals surface area contributed by atoms with Crippen molar-refractivity contribution >= 4 is 11.7 Å². The fraction of sp³-hybridized carbons (Fsp3) is 0.778. The second-order valence-corrected chi connectivity index (χ2v) is 3.62. The number of rotatable bonds is 3. The third-order valence-electron chi connectivity index (χ3n) is 2.59. The van der Waals surface area contributed by atoms with Gasteiger partial charge in [-0.25, -0.2) is 0 Å². The molecule has 1 amide bonds. The number of amidine groups is 1. The summed E-state index contributed by atoms with van der Waals surface area (Å²) >= 11 is 0. The first kappa shape index (κ1) is 11.8. The van der Waals surface area contributed by atoms with Gasteiger partial charge in [-0.15, -0.1) is 0 Å². The molecular weight excluding hydrogens is 198 g/mol. The number of carbonyl (C=O) groups is 1. The molecule has 0 unspecified atom stereocenters. The van der Waals surface area contributed by atoms with E-state index in [1.807, 2.05) is 0 Å². The number of hydrogen-bond acceptors (Lipinski definition) is 4. The quantitative estimate of drug-likeness (QED) is 0.294. The molecule has 1 rings (SSSR count). The lowest BCUT2D eigenvalue weighted by atomic mass is 10.1. The van der Waals surface area contributed by atoms with Crippen molar-refractivity contribution in [2.75, 3.05) is 20.3 Å². The Morgan fingerprint density at radius 3 is 2.73 bits per heavy atom. The van der Waals surface area contributed by atoms with E-state index in [1.54, 1.807) is 11.9 Å². The standard InChI is InChI=1S/C9H17N3O3/c1-12(7-2-4-15-5-3-7)9(13)6-8(10)11-14/h7,14H,2-6H2,1H3,(H2,10,11). The number of nitrogens with zero attached hydrogens (tertiary/aromatic N) is 2. The van der Waals surface area contributed by atoms with Gasteiger partial charge in [0.2, 0.25) is 5.91 Å². The van der Waals surface area contributed by atoms with Crippen LogP contribution in [0.2, 0.25) is 0 Å². The van der Waals surface area contributed by atoms with Gasteiger partial charge >= 0.3 is 0 Å². The van der Waals surface area contributed by atoms with Crippen molar-refractivity contribution in [1.29, 1.82) is 0 Å². The van der Waals surface area contributed by atoms with E-state index in [9.17, 15) is 4.79 Å². The molecule has 0 saturated carbocycles. The van der Waals surface area contributed by atoms with Crippen molar-refractivity contribution in [3.8, 4) is 0 Å². The van der Waals surface area contributed by atoms with E-state index in [-0.39, 0.29) is 24.2 Å². The largest absolute Gasteiger partial charge is 0.409 e. The predicted molar refractivity (Wildman–Crippen MR) is 54.6 cm³/mol. The molecule has 0 aliphatic carbocycles. The van der Waals surface area contributed by atoms with Crippen LogP contribution in [0.4, 0.5) is 0 Å². The molecule has 0 aromatic carbocycles. The van der Waals surface area contributed by atoms with Crippen LogP contribution in [0.3, 0.4) is 0 Å². The van der Waals surface area contributed by atoms with Gasteiger partial charge in [0.15, 0.2) is 0 Å². The molecular formula is C9H17N3O3. The highest BCUT2D eigenvalue weighted by Gasteiger charge is 2.22. The average molecular weight is 215 g/mol. The van der Waals surface area contributed by atoms with E-state index in [1.165, 1.54) is 0 Å². The molecule has 1 fully saturated rings. The summed E-state index contributed by atoms with van der Waals surface area (Å²) in [5, 5.41) is 11.1. The van der Waals surface area contributed by atoms with Gasteiger partial charge in [0.25, 0.3) is 0 Å². The Morgan fingerprint density at radius 1 is 1.60 bits per heavy atom. The normalized spacial score (nSPS) is 18.9. The van der Waals surface area contributed by atoms with Crippen LogP contribution >= 0.6 is 0 Å². The Bertz CT molecular complexity index is 249. The van der Waals surface area contributed by atoms with Crippen molar-refractivity contribution in [1.82, 2.24) is 4.90 Å². The summed E-state index contributed by atoms with van der Waals surface area (Å²) in [6, 6.07) is 0.206. The number of ether oxygens (including phenoxy) is 1. The summed E-state index contributed by atoms with van der Waals surface area (Å²) in [5.41, 5.74) is 5.27. The number of oxime groups is 1. The zero-order valence-corrected chi connectivity index (χ0v) is 8.85. The lowest BCUT2D eigenvalue weighted by Crippen LogP contribution is -2.41. The van der Waals surface area contributed by atoms with Gasteiger partial charge in [-0.1, -0.05) is 5.16 Å². The van der Waals surface area contributed by atoms with Crippen LogP contribution in [0.1, 0.15) is 19.3 Å². The van der Waals surface area contributed by atoms with Gasteiger partial charge in [-0.05, 0) is 12.8 Å². The first-order chi connectivity index (χ1) is 7.15. The molecule has 1 aliphatic heterocycles. The fourth-order valence-corrected chi connectivity index (χ4v) is 1.59. The molecule has 0 bridgehead atoms. The third-order valence-corrected chi connectivity index (χ3v) is 2.59. The molecule has 15 heavy (non-hydrogen) atoms. The Morgan fingerprint density at radius 2 is 2.20 bits per heavy atom. The average Bonchev–Trinajstić information content (AvgIpc) is 2.29. The first-order valence-electron chi connectivity index (χ1n) is 4.95. The van der Waals surface area contributed by atoms with E-state index >= 15 is 0 Å². The predicted octanol–water partition coefficient (Wildman–Crippen LogP) is -0.240. The van der Waals surface area contributed by atoms with Gasteiger partial charge in [-0.3, -0.25) is 4.79 Å². The van der Waals surface area contributed by atoms with Crippen molar-refractivity contribution in [2.24, 2.45) is 10.9 Å². The minimum absolute atomic E-state index is 0.0373. The molecule has 0 aromatic heterocycles. The molecule has 3 N–H and O–H groups in total. The molecule has 0 aromatic rings. The topological polar surface area (TPSA) is 88.2 Å². The van der Waals surface area contributed by atoms with Gasteiger partial charge in [0.05, 0.1) is 6.42 Å². The van der Waals surface area contributed by atoms with Crippen molar-refractivity contribution in [2.45, 2.75) is 25.3 Å². The fourth-order valence-electron chi connectivity index (χ4n) is 1.59. The third kappa shape index (κ3) is 3.39. The lowest BCUT2D eigenvalue weighted by Gasteiger charge is -2.31. The number of hydrogen-bond donors (Lipinski definition) is 2. The van der Waals surface area contributed by atoms with Crippen LogP contribution in [-0.4, -0.2) is 48.2 Å². The molecule has 6 heteroatoms. The number of carbonyl (C=O) groups excluding carboxylic acids is 1. The number of nitrogens with two attached hydrogens (primary N) is 1. The van der Waals surface area contributed by atoms with E-state index < -0.39 is 0 Å². The maximum Gasteiger partial charge on any atom is 0.230 e. The molecule has 86 valence electrons. The van der Waals surface area contributed by atoms with Gasteiger partial charge in [0.1, 0.15) is 5.84 Å². The van der Waals surface area contributed by atoms with E-state index in [4.69, 9.17) is 15.7 Å². The van der Waals surface area contributed by atoms with E-state index in [2.05, 4.69) is 5.16 Å². The van der Waals surface area contributed by atoms with Crippen LogP contribution in [-0.2, 0) is 9.53 Å². The SMILES string of the molecule is CN(C(=O)C/C(N)=N/O)C1CCOCC1. The smallest absolute Gasteiger partial charge is 0.230 e. The summed E-state index contributed by atoms with van der Waals surface area (Å²) in [6.07, 6.45) is 1.65. The van der Waals surface area contributed by atoms with E-state index in [0.717, 1.165) is 12.8 Å². The van der Waals surface area contributed by atoms with Crippen molar-refractivity contribution < 1.29 is 14.7 Å². The maximum atomic E-state index is 11.6. The summed E-state index contributed by atoms with van der Waals surface area (Å²) < 4.78 is 5.21. The van der Waals surface area contributed by atoms with Crippen LogP contribution in [0, 0.1) is 0 Å². The minimum atomic E-state index is -0.128. The monoisotopic (exact) mass is 215 g/mol. The van der Waals surface area contributed by atoms with Crippen LogP contribution < -0.4 is 5.73 Å². The van der Waals surface area contributed by atoms with Crippen molar-refractivity contribution in [3.63, 3.8) is 0 Å². The van der Waals surface area contributed by atoms with Crippen molar-refractivity contribution in [3.05, 3.63) is 0 Å². The highest BCUT2D eigenvalue weighted by Crippen LogP contribution is 2.13. The number of amides is 1. The van der Waals surface area contributed by atoms with Gasteiger partial charge in [0, 0.05) is 26.3 Å². The highest BCUT2D eigenvalue weighted by atomic mass is 16.5. The summed E-state index contributed by atoms with van der Waals surface area (Å²) in [7, 11) is 1.74. The molecule has 1 saturated heterocycles. The second-order valence-electron chi connectivity index (χ2n) is 3.62. The minimum Gasteiger partial charge on any atom is -0.409 e. The summed E-state index contributed by atoms with van der Waals surface area (Å²) in [4.78, 5) is 13.3. The van der Waals surface area contributed by atoms with E-state index in [0.29, 0.717) is 13.2 Å². The maximum absolute atomic E-state index is 11.6. The Labute approximate surface area is 88.7 Å². The summed E-state index contributed by atoms with van der Waals surface area (Å²) in [5.74, 6) is -0.184. The molecule has 1 heterocycles. The molecule has 1 aliphatic rings. The molecule has 0 spiro atoms. The Kier molecular flexibility index (Phi) is 4.36. The lowest BCUT2D eigenvalue weighted by molar-refractivity contribution is -0.132. The Balaban J connectivity index is 2.44. The van der Waals surface area contributed by atoms with Crippen LogP contribution in [0.15, 0.2) is 5.16 Å². The molecule has 0 atom stereocenters.